The molecule has 0 radical (unpaired) electrons. The summed E-state index contributed by atoms with van der Waals surface area (Å²) in [5, 5.41) is 0. The minimum Gasteiger partial charge on any atom is -0.490 e. The van der Waals surface area contributed by atoms with Gasteiger partial charge in [-0.05, 0) is 18.2 Å². The van der Waals surface area contributed by atoms with E-state index >= 15 is 0 Å². The summed E-state index contributed by atoms with van der Waals surface area (Å²) in [6, 6.07) is 4.70. The van der Waals surface area contributed by atoms with Crippen molar-refractivity contribution in [1.29, 1.82) is 0 Å². The zero-order chi connectivity index (χ0) is 12.3. The van der Waals surface area contributed by atoms with Gasteiger partial charge >= 0.3 is 0 Å². The number of Topliss-reactive ketones (excluding diaryl/α,β-unsaturated/α-hetero) is 2. The number of carbonyl (C=O) groups excluding carboxylic acids is 2. The highest BCUT2D eigenvalue weighted by molar-refractivity contribution is 6.51. The summed E-state index contributed by atoms with van der Waals surface area (Å²) in [6.07, 6.45) is 0.790. The highest BCUT2D eigenvalue weighted by Gasteiger charge is 2.18. The Balaban J connectivity index is 2.29. The molecule has 5 heteroatoms. The fourth-order valence-corrected chi connectivity index (χ4v) is 1.65. The van der Waals surface area contributed by atoms with Gasteiger partial charge in [0.25, 0.3) is 0 Å². The largest absolute Gasteiger partial charge is 0.490 e. The van der Waals surface area contributed by atoms with Gasteiger partial charge < -0.3 is 9.47 Å². The van der Waals surface area contributed by atoms with Crippen molar-refractivity contribution in [2.75, 3.05) is 19.1 Å². The molecule has 4 nitrogen and oxygen atoms in total. The first-order valence-electron chi connectivity index (χ1n) is 5.25. The minimum absolute atomic E-state index is 0.278. The molecule has 0 aliphatic carbocycles. The summed E-state index contributed by atoms with van der Waals surface area (Å²) in [5.41, 5.74) is 0.278. The average molecular weight is 255 g/mol. The van der Waals surface area contributed by atoms with Gasteiger partial charge in [0.15, 0.2) is 11.5 Å². The van der Waals surface area contributed by atoms with Gasteiger partial charge in [0.1, 0.15) is 0 Å². The van der Waals surface area contributed by atoms with Crippen LogP contribution in [-0.4, -0.2) is 30.7 Å². The van der Waals surface area contributed by atoms with Crippen molar-refractivity contribution in [2.45, 2.75) is 6.42 Å². The number of hydrogen-bond acceptors (Lipinski definition) is 4. The first-order valence-corrected chi connectivity index (χ1v) is 5.79. The maximum atomic E-state index is 11.6. The summed E-state index contributed by atoms with van der Waals surface area (Å²) in [7, 11) is 0. The number of benzene rings is 1. The normalized spacial score (nSPS) is 13.9. The third kappa shape index (κ3) is 2.58. The van der Waals surface area contributed by atoms with Crippen LogP contribution in [-0.2, 0) is 4.79 Å². The van der Waals surface area contributed by atoms with E-state index in [-0.39, 0.29) is 11.4 Å². The molecule has 0 saturated heterocycles. The molecule has 1 aliphatic rings. The van der Waals surface area contributed by atoms with Crippen LogP contribution in [0.25, 0.3) is 0 Å². The fraction of sp³-hybridized carbons (Fsp3) is 0.333. The lowest BCUT2D eigenvalue weighted by molar-refractivity contribution is -0.112. The second-order valence-corrected chi connectivity index (χ2v) is 3.87. The van der Waals surface area contributed by atoms with Gasteiger partial charge in [0.2, 0.25) is 11.6 Å². The molecule has 1 aliphatic heterocycles. The number of alkyl halides is 1. The zero-order valence-electron chi connectivity index (χ0n) is 9.07. The number of rotatable bonds is 3. The molecule has 1 aromatic rings. The van der Waals surface area contributed by atoms with E-state index in [2.05, 4.69) is 0 Å². The second-order valence-electron chi connectivity index (χ2n) is 3.60. The molecule has 0 fully saturated rings. The summed E-state index contributed by atoms with van der Waals surface area (Å²) in [6.45, 7) is 1.12. The van der Waals surface area contributed by atoms with Crippen LogP contribution in [0.15, 0.2) is 18.2 Å². The molecule has 0 atom stereocenters. The number of ketones is 2. The highest BCUT2D eigenvalue weighted by Crippen LogP contribution is 2.30. The van der Waals surface area contributed by atoms with Crippen molar-refractivity contribution >= 4 is 23.2 Å². The fourth-order valence-electron chi connectivity index (χ4n) is 1.53. The van der Waals surface area contributed by atoms with E-state index in [1.807, 2.05) is 0 Å². The zero-order valence-corrected chi connectivity index (χ0v) is 9.83. The van der Waals surface area contributed by atoms with Crippen LogP contribution in [0.1, 0.15) is 16.8 Å². The van der Waals surface area contributed by atoms with Crippen LogP contribution in [0, 0.1) is 0 Å². The van der Waals surface area contributed by atoms with Crippen molar-refractivity contribution in [3.8, 4) is 11.5 Å². The van der Waals surface area contributed by atoms with E-state index in [1.54, 1.807) is 12.1 Å². The van der Waals surface area contributed by atoms with Gasteiger partial charge in [0.05, 0.1) is 19.1 Å². The van der Waals surface area contributed by atoms with E-state index in [9.17, 15) is 9.59 Å². The van der Waals surface area contributed by atoms with Gasteiger partial charge in [-0.2, -0.15) is 0 Å². The average Bonchev–Trinajstić information content (AvgIpc) is 2.61. The molecular formula is C12H11ClO4. The quantitative estimate of drug-likeness (QED) is 0.469. The number of halogens is 1. The van der Waals surface area contributed by atoms with Crippen LogP contribution in [0.2, 0.25) is 0 Å². The second kappa shape index (κ2) is 5.19. The first kappa shape index (κ1) is 11.9. The number of carbonyl (C=O) groups is 2. The SMILES string of the molecule is O=C(CCl)C(=O)c1ccc2c(c1)OCCCO2. The number of hydrogen-bond donors (Lipinski definition) is 0. The van der Waals surface area contributed by atoms with Crippen molar-refractivity contribution in [3.63, 3.8) is 0 Å². The third-order valence-corrected chi connectivity index (χ3v) is 2.63. The molecule has 0 bridgehead atoms. The first-order chi connectivity index (χ1) is 8.22. The lowest BCUT2D eigenvalue weighted by Gasteiger charge is -2.08. The van der Waals surface area contributed by atoms with Gasteiger partial charge in [0, 0.05) is 12.0 Å². The Bertz CT molecular complexity index is 456. The van der Waals surface area contributed by atoms with Crippen LogP contribution in [0.4, 0.5) is 0 Å². The topological polar surface area (TPSA) is 52.6 Å². The van der Waals surface area contributed by atoms with Gasteiger partial charge in [-0.25, -0.2) is 0 Å². The summed E-state index contributed by atoms with van der Waals surface area (Å²) in [5.74, 6) is -0.447. The number of fused-ring (bicyclic) bond motifs is 1. The molecule has 1 heterocycles. The molecule has 0 amide bonds. The van der Waals surface area contributed by atoms with Crippen molar-refractivity contribution in [1.82, 2.24) is 0 Å². The van der Waals surface area contributed by atoms with Crippen molar-refractivity contribution in [2.24, 2.45) is 0 Å². The van der Waals surface area contributed by atoms with Gasteiger partial charge in [-0.15, -0.1) is 11.6 Å². The summed E-state index contributed by atoms with van der Waals surface area (Å²) >= 11 is 5.34. The van der Waals surface area contributed by atoms with Crippen molar-refractivity contribution < 1.29 is 19.1 Å². The van der Waals surface area contributed by atoms with Gasteiger partial charge in [-0.1, -0.05) is 0 Å². The maximum Gasteiger partial charge on any atom is 0.229 e. The van der Waals surface area contributed by atoms with Crippen molar-refractivity contribution in [3.05, 3.63) is 23.8 Å². The van der Waals surface area contributed by atoms with E-state index in [0.717, 1.165) is 6.42 Å². The van der Waals surface area contributed by atoms with E-state index < -0.39 is 11.6 Å². The van der Waals surface area contributed by atoms with E-state index in [4.69, 9.17) is 21.1 Å². The molecule has 0 N–H and O–H groups in total. The predicted molar refractivity (Wildman–Crippen MR) is 62.1 cm³/mol. The molecule has 2 rings (SSSR count). The van der Waals surface area contributed by atoms with E-state index in [0.29, 0.717) is 24.7 Å². The summed E-state index contributed by atoms with van der Waals surface area (Å²) in [4.78, 5) is 22.8. The number of ether oxygens (including phenoxy) is 2. The molecule has 90 valence electrons. The van der Waals surface area contributed by atoms with Crippen LogP contribution >= 0.6 is 11.6 Å². The third-order valence-electron chi connectivity index (χ3n) is 2.38. The Morgan fingerprint density at radius 3 is 2.59 bits per heavy atom. The van der Waals surface area contributed by atoms with E-state index in [1.165, 1.54) is 6.07 Å². The lowest BCUT2D eigenvalue weighted by Crippen LogP contribution is -2.15. The van der Waals surface area contributed by atoms with Gasteiger partial charge in [-0.3, -0.25) is 9.59 Å². The smallest absolute Gasteiger partial charge is 0.229 e. The molecule has 0 unspecified atom stereocenters. The highest BCUT2D eigenvalue weighted by atomic mass is 35.5. The Kier molecular flexibility index (Phi) is 3.64. The van der Waals surface area contributed by atoms with Crippen LogP contribution in [0.3, 0.4) is 0 Å². The van der Waals surface area contributed by atoms with Crippen LogP contribution in [0.5, 0.6) is 11.5 Å². The molecular weight excluding hydrogens is 244 g/mol. The maximum absolute atomic E-state index is 11.6. The Hall–Kier alpha value is -1.55. The monoisotopic (exact) mass is 254 g/mol. The standard InChI is InChI=1S/C12H11ClO4/c13-7-9(14)12(15)8-2-3-10-11(6-8)17-5-1-4-16-10/h2-3,6H,1,4-5,7H2. The summed E-state index contributed by atoms with van der Waals surface area (Å²) < 4.78 is 10.9. The molecule has 0 saturated carbocycles. The Morgan fingerprint density at radius 2 is 1.88 bits per heavy atom. The Morgan fingerprint density at radius 1 is 1.18 bits per heavy atom. The minimum atomic E-state index is -0.624. The Labute approximate surface area is 103 Å². The molecule has 17 heavy (non-hydrogen) atoms. The molecule has 0 aromatic heterocycles. The molecule has 0 spiro atoms. The predicted octanol–water partition coefficient (Wildman–Crippen LogP) is 1.84. The molecule has 1 aromatic carbocycles. The lowest BCUT2D eigenvalue weighted by atomic mass is 10.1. The van der Waals surface area contributed by atoms with Crippen LogP contribution < -0.4 is 9.47 Å².